The molecular weight excluding hydrogens is 773 g/mol. The molecule has 0 aliphatic carbocycles. The summed E-state index contributed by atoms with van der Waals surface area (Å²) < 4.78 is 20.1. The molecular formula is C50H54N8O2Si. The minimum Gasteiger partial charge on any atom is -0.361 e. The summed E-state index contributed by atoms with van der Waals surface area (Å²) in [6.45, 7) is 10.1. The van der Waals surface area contributed by atoms with Gasteiger partial charge in [-0.1, -0.05) is 176 Å². The fourth-order valence-electron chi connectivity index (χ4n) is 9.24. The SMILES string of the molecule is CCCCCCC(C)CO[Si]1(OCC(C)CCCCCC)n2c3c4ccccc4c2/N=C2N=C(/N=c4/c5ccccc5/c(n41)=N/C1=NC(=N\3)/c3ccccc31)c1ccccc1\2. The normalized spacial score (nSPS) is 20.9. The zero-order chi connectivity index (χ0) is 41.5. The molecule has 10 rings (SSSR count). The van der Waals surface area contributed by atoms with E-state index in [2.05, 4.69) is 109 Å². The van der Waals surface area contributed by atoms with E-state index in [0.717, 1.165) is 69.5 Å². The average Bonchev–Trinajstić information content (AvgIpc) is 4.01. The molecule has 10 nitrogen and oxygen atoms in total. The van der Waals surface area contributed by atoms with Gasteiger partial charge < -0.3 is 8.85 Å². The Hall–Kier alpha value is -5.62. The predicted octanol–water partition coefficient (Wildman–Crippen LogP) is 10.6. The zero-order valence-electron chi connectivity index (χ0n) is 35.8. The molecule has 0 saturated carbocycles. The van der Waals surface area contributed by atoms with Crippen LogP contribution < -0.4 is 11.0 Å². The highest BCUT2D eigenvalue weighted by molar-refractivity contribution is 6.66. The Morgan fingerprint density at radius 3 is 1.23 bits per heavy atom. The summed E-state index contributed by atoms with van der Waals surface area (Å²) in [7, 11) is -4.12. The molecule has 2 unspecified atom stereocenters. The highest BCUT2D eigenvalue weighted by atomic mass is 28.4. The van der Waals surface area contributed by atoms with Gasteiger partial charge in [-0.05, 0) is 24.7 Å². The van der Waals surface area contributed by atoms with Crippen molar-refractivity contribution in [3.8, 4) is 0 Å². The minimum atomic E-state index is -4.12. The maximum absolute atomic E-state index is 7.82. The van der Waals surface area contributed by atoms with Gasteiger partial charge in [0.15, 0.2) is 23.3 Å². The second-order valence-corrected chi connectivity index (χ2v) is 19.8. The second kappa shape index (κ2) is 16.7. The van der Waals surface area contributed by atoms with E-state index in [1.54, 1.807) is 0 Å². The van der Waals surface area contributed by atoms with Crippen molar-refractivity contribution in [3.63, 3.8) is 0 Å². The molecule has 6 heterocycles. The highest BCUT2D eigenvalue weighted by Crippen LogP contribution is 2.44. The van der Waals surface area contributed by atoms with Crippen LogP contribution in [-0.2, 0) is 8.85 Å². The molecule has 0 N–H and O–H groups in total. The summed E-state index contributed by atoms with van der Waals surface area (Å²) in [6, 6.07) is 33.4. The van der Waals surface area contributed by atoms with Gasteiger partial charge in [-0.15, -0.1) is 0 Å². The predicted molar refractivity (Wildman–Crippen MR) is 249 cm³/mol. The van der Waals surface area contributed by atoms with Crippen LogP contribution in [0, 0.1) is 11.8 Å². The van der Waals surface area contributed by atoms with Crippen LogP contribution in [0.1, 0.15) is 114 Å². The lowest BCUT2D eigenvalue weighted by atomic mass is 10.0. The first-order chi connectivity index (χ1) is 30.0. The summed E-state index contributed by atoms with van der Waals surface area (Å²) in [5.74, 6) is 4.30. The van der Waals surface area contributed by atoms with Crippen molar-refractivity contribution < 1.29 is 8.85 Å². The molecule has 11 heteroatoms. The van der Waals surface area contributed by atoms with Crippen molar-refractivity contribution >= 4 is 65.4 Å². The topological polar surface area (TPSA) is 102 Å². The Morgan fingerprint density at radius 2 is 0.820 bits per heavy atom. The lowest BCUT2D eigenvalue weighted by molar-refractivity contribution is 0.111. The van der Waals surface area contributed by atoms with Gasteiger partial charge in [0.25, 0.3) is 0 Å². The van der Waals surface area contributed by atoms with Crippen molar-refractivity contribution in [1.82, 2.24) is 8.47 Å². The van der Waals surface area contributed by atoms with Gasteiger partial charge in [0.1, 0.15) is 22.6 Å². The highest BCUT2D eigenvalue weighted by Gasteiger charge is 2.53. The van der Waals surface area contributed by atoms with Crippen LogP contribution >= 0.6 is 0 Å². The lowest BCUT2D eigenvalue weighted by Gasteiger charge is -2.35. The van der Waals surface area contributed by atoms with Crippen LogP contribution in [-0.4, -0.2) is 53.9 Å². The Labute approximate surface area is 358 Å². The number of rotatable bonds is 16. The van der Waals surface area contributed by atoms with E-state index in [1.807, 2.05) is 24.3 Å². The molecule has 2 atom stereocenters. The molecule has 4 aliphatic rings. The maximum Gasteiger partial charge on any atom is 0.603 e. The molecule has 0 amide bonds. The summed E-state index contributed by atoms with van der Waals surface area (Å²) in [6.07, 6.45) is 11.7. The number of amidine groups is 4. The van der Waals surface area contributed by atoms with E-state index in [9.17, 15) is 0 Å². The quantitative estimate of drug-likeness (QED) is 0.0716. The number of aromatic nitrogens is 2. The fraction of sp³-hybridized carbons (Fsp3) is 0.360. The number of hydrogen-bond donors (Lipinski definition) is 0. The number of fused-ring (bicyclic) bond motifs is 14. The summed E-state index contributed by atoms with van der Waals surface area (Å²) in [5.41, 5.74) is 5.10. The largest absolute Gasteiger partial charge is 0.603 e. The third-order valence-corrected chi connectivity index (χ3v) is 15.6. The zero-order valence-corrected chi connectivity index (χ0v) is 36.8. The van der Waals surface area contributed by atoms with Crippen LogP contribution in [0.3, 0.4) is 0 Å². The van der Waals surface area contributed by atoms with E-state index in [-0.39, 0.29) is 11.8 Å². The monoisotopic (exact) mass is 826 g/mol. The molecule has 0 spiro atoms. The van der Waals surface area contributed by atoms with Crippen LogP contribution in [0.4, 0.5) is 11.6 Å². The van der Waals surface area contributed by atoms with Crippen LogP contribution in [0.25, 0.3) is 21.5 Å². The third kappa shape index (κ3) is 6.96. The lowest BCUT2D eigenvalue weighted by Crippen LogP contribution is -2.64. The summed E-state index contributed by atoms with van der Waals surface area (Å²) in [5, 5.41) is 3.74. The van der Waals surface area contributed by atoms with Crippen LogP contribution in [0.5, 0.6) is 0 Å². The van der Waals surface area contributed by atoms with Crippen LogP contribution in [0.2, 0.25) is 0 Å². The molecule has 310 valence electrons. The van der Waals surface area contributed by atoms with E-state index < -0.39 is 8.88 Å². The van der Waals surface area contributed by atoms with Gasteiger partial charge in [0, 0.05) is 57.0 Å². The number of benzene rings is 4. The number of nitrogens with zero attached hydrogens (tertiary/aromatic N) is 8. The van der Waals surface area contributed by atoms with Crippen molar-refractivity contribution in [2.24, 2.45) is 41.8 Å². The van der Waals surface area contributed by atoms with E-state index >= 15 is 0 Å². The molecule has 4 aliphatic heterocycles. The molecule has 0 fully saturated rings. The Bertz CT molecular complexity index is 2730. The molecule has 0 radical (unpaired) electrons. The first kappa shape index (κ1) is 39.5. The van der Waals surface area contributed by atoms with Crippen molar-refractivity contribution in [3.05, 3.63) is 130 Å². The number of aliphatic imine (C=N–C) groups is 4. The fourth-order valence-corrected chi connectivity index (χ4v) is 12.8. The standard InChI is InChI=1S/C50H54N8O2Si/c1-5-7-9-11-21-33(3)31-59-61(60-32-34(4)22-12-10-8-6-2)57-47-39-27-17-18-28-40(39)49(57)55-45-37-25-15-16-26-38(37)46(52-45)56-50-42-30-20-19-29-41(42)48(58(50)61)54-44-36-24-14-13-23-35(36)43(51-44)53-47/h13-20,23-30,33-34H,5-12,21-22,31-32H2,1-4H3/b53-43-,53-47?,54-44?,54-48-,55-45-,55-49?,56-46?,56-50-. The molecule has 4 aromatic carbocycles. The Kier molecular flexibility index (Phi) is 10.8. The first-order valence-corrected chi connectivity index (χ1v) is 24.2. The van der Waals surface area contributed by atoms with Crippen LogP contribution in [0.15, 0.2) is 127 Å². The van der Waals surface area contributed by atoms with Gasteiger partial charge >= 0.3 is 8.88 Å². The summed E-state index contributed by atoms with van der Waals surface area (Å²) >= 11 is 0. The van der Waals surface area contributed by atoms with Gasteiger partial charge in [-0.25, -0.2) is 30.0 Å². The van der Waals surface area contributed by atoms with E-state index in [4.69, 9.17) is 38.8 Å². The average molecular weight is 827 g/mol. The van der Waals surface area contributed by atoms with Gasteiger partial charge in [-0.2, -0.15) is 0 Å². The van der Waals surface area contributed by atoms with E-state index in [0.29, 0.717) is 59.2 Å². The van der Waals surface area contributed by atoms with Gasteiger partial charge in [-0.3, -0.25) is 8.47 Å². The maximum atomic E-state index is 7.82. The van der Waals surface area contributed by atoms with Gasteiger partial charge in [0.05, 0.1) is 0 Å². The third-order valence-electron chi connectivity index (χ3n) is 12.5. The first-order valence-electron chi connectivity index (χ1n) is 22.5. The molecule has 6 bridgehead atoms. The van der Waals surface area contributed by atoms with Gasteiger partial charge in [0.2, 0.25) is 0 Å². The summed E-state index contributed by atoms with van der Waals surface area (Å²) in [4.78, 5) is 32.8. The molecule has 61 heavy (non-hydrogen) atoms. The van der Waals surface area contributed by atoms with Crippen molar-refractivity contribution in [2.45, 2.75) is 91.9 Å². The minimum absolute atomic E-state index is 0.259. The smallest absolute Gasteiger partial charge is 0.361 e. The molecule has 6 aromatic rings. The number of unbranched alkanes of at least 4 members (excludes halogenated alkanes) is 6. The Morgan fingerprint density at radius 1 is 0.443 bits per heavy atom. The second-order valence-electron chi connectivity index (χ2n) is 17.2. The van der Waals surface area contributed by atoms with Crippen molar-refractivity contribution in [2.75, 3.05) is 13.2 Å². The van der Waals surface area contributed by atoms with E-state index in [1.165, 1.54) is 38.5 Å². The number of hydrogen-bond acceptors (Lipinski definition) is 8. The molecule has 2 aromatic heterocycles. The molecule has 0 saturated heterocycles. The Balaban J connectivity index is 1.34. The van der Waals surface area contributed by atoms with Crippen molar-refractivity contribution in [1.29, 1.82) is 0 Å².